The van der Waals surface area contributed by atoms with Crippen LogP contribution in [0.25, 0.3) is 0 Å². The first-order chi connectivity index (χ1) is 15.0. The number of rotatable bonds is 7. The fourth-order valence-corrected chi connectivity index (χ4v) is 3.99. The van der Waals surface area contributed by atoms with Crippen molar-refractivity contribution in [2.24, 2.45) is 0 Å². The second-order valence-electron chi connectivity index (χ2n) is 6.56. The second-order valence-corrected chi connectivity index (χ2v) is 8.52. The van der Waals surface area contributed by atoms with Crippen LogP contribution in [-0.2, 0) is 37.7 Å². The van der Waals surface area contributed by atoms with E-state index in [1.54, 1.807) is 11.8 Å². The van der Waals surface area contributed by atoms with Gasteiger partial charge in [0, 0.05) is 15.1 Å². The summed E-state index contributed by atoms with van der Waals surface area (Å²) in [6.07, 6.45) is 0.659. The first-order valence-corrected chi connectivity index (χ1v) is 11.4. The first-order valence-electron chi connectivity index (χ1n) is 9.64. The number of carbonyl (C=O) groups excluding carboxylic acids is 2. The van der Waals surface area contributed by atoms with E-state index in [0.29, 0.717) is 12.8 Å². The zero-order chi connectivity index (χ0) is 22.5. The Kier molecular flexibility index (Phi) is 10.9. The highest BCUT2D eigenvalue weighted by Crippen LogP contribution is 2.23. The molecule has 0 aliphatic carbocycles. The summed E-state index contributed by atoms with van der Waals surface area (Å²) in [6.45, 7) is 0. The molecule has 0 unspecified atom stereocenters. The molecule has 0 aromatic heterocycles. The molecule has 3 rings (SSSR count). The molecular formula is C25H25BrO4S. The van der Waals surface area contributed by atoms with Gasteiger partial charge in [-0.25, -0.2) is 0 Å². The van der Waals surface area contributed by atoms with Crippen LogP contribution < -0.4 is 0 Å². The molecule has 0 aliphatic rings. The van der Waals surface area contributed by atoms with E-state index in [4.69, 9.17) is 0 Å². The maximum atomic E-state index is 11.2. The first kappa shape index (κ1) is 24.7. The number of carbonyl (C=O) groups is 2. The van der Waals surface area contributed by atoms with Crippen LogP contribution in [0.15, 0.2) is 88.2 Å². The smallest absolute Gasteiger partial charge is 0.309 e. The van der Waals surface area contributed by atoms with Crippen molar-refractivity contribution in [3.63, 3.8) is 0 Å². The summed E-state index contributed by atoms with van der Waals surface area (Å²) in [4.78, 5) is 23.3. The number of halogens is 1. The lowest BCUT2D eigenvalue weighted by molar-refractivity contribution is -0.140. The van der Waals surface area contributed by atoms with Crippen molar-refractivity contribution < 1.29 is 19.1 Å². The number of hydrogen-bond acceptors (Lipinski definition) is 5. The molecule has 0 radical (unpaired) electrons. The Morgan fingerprint density at radius 2 is 1.29 bits per heavy atom. The number of benzene rings is 3. The van der Waals surface area contributed by atoms with Crippen LogP contribution in [0.1, 0.15) is 16.7 Å². The van der Waals surface area contributed by atoms with Gasteiger partial charge in [-0.2, -0.15) is 0 Å². The third kappa shape index (κ3) is 9.85. The van der Waals surface area contributed by atoms with Gasteiger partial charge in [0.05, 0.1) is 27.1 Å². The Hall–Kier alpha value is -2.57. The van der Waals surface area contributed by atoms with Crippen molar-refractivity contribution in [3.8, 4) is 0 Å². The second kappa shape index (κ2) is 13.7. The van der Waals surface area contributed by atoms with Gasteiger partial charge in [-0.3, -0.25) is 9.59 Å². The zero-order valence-corrected chi connectivity index (χ0v) is 19.9. The largest absolute Gasteiger partial charge is 0.469 e. The van der Waals surface area contributed by atoms with Gasteiger partial charge >= 0.3 is 11.9 Å². The lowest BCUT2D eigenvalue weighted by Gasteiger charge is -2.05. The molecule has 4 nitrogen and oxygen atoms in total. The fourth-order valence-electron chi connectivity index (χ4n) is 2.61. The van der Waals surface area contributed by atoms with Crippen LogP contribution in [0.5, 0.6) is 0 Å². The lowest BCUT2D eigenvalue weighted by Crippen LogP contribution is -2.04. The van der Waals surface area contributed by atoms with Gasteiger partial charge in [0.25, 0.3) is 0 Å². The van der Waals surface area contributed by atoms with E-state index in [9.17, 15) is 9.59 Å². The van der Waals surface area contributed by atoms with Crippen LogP contribution >= 0.6 is 27.7 Å². The molecule has 0 saturated heterocycles. The lowest BCUT2D eigenvalue weighted by atomic mass is 10.1. The highest BCUT2D eigenvalue weighted by molar-refractivity contribution is 9.10. The van der Waals surface area contributed by atoms with Crippen molar-refractivity contribution >= 4 is 39.6 Å². The summed E-state index contributed by atoms with van der Waals surface area (Å²) in [5, 5.41) is 0. The van der Waals surface area contributed by atoms with Crippen LogP contribution in [0.3, 0.4) is 0 Å². The molecule has 3 aromatic rings. The molecule has 0 atom stereocenters. The molecule has 0 N–H and O–H groups in total. The predicted octanol–water partition coefficient (Wildman–Crippen LogP) is 5.86. The highest BCUT2D eigenvalue weighted by Gasteiger charge is 2.04. The highest BCUT2D eigenvalue weighted by atomic mass is 79.9. The monoisotopic (exact) mass is 500 g/mol. The van der Waals surface area contributed by atoms with Gasteiger partial charge in [-0.1, -0.05) is 70.5 Å². The number of esters is 2. The molecule has 3 aromatic carbocycles. The predicted molar refractivity (Wildman–Crippen MR) is 128 cm³/mol. The molecule has 0 spiro atoms. The Labute approximate surface area is 196 Å². The van der Waals surface area contributed by atoms with E-state index in [0.717, 1.165) is 21.4 Å². The van der Waals surface area contributed by atoms with Crippen LogP contribution in [-0.4, -0.2) is 26.2 Å². The minimum atomic E-state index is -0.215. The van der Waals surface area contributed by atoms with Gasteiger partial charge in [0.15, 0.2) is 0 Å². The standard InChI is InChI=1S/C16H16O2S.C9H9BrO2/c1-18-16(17)11-14-8-5-9-15(10-14)19-12-13-6-3-2-4-7-13;1-12-9(11)6-7-3-2-4-8(10)5-7/h2-10H,11-12H2,1H3;2-5H,6H2,1H3. The van der Waals surface area contributed by atoms with Gasteiger partial charge in [-0.15, -0.1) is 11.8 Å². The van der Waals surface area contributed by atoms with E-state index in [-0.39, 0.29) is 11.9 Å². The van der Waals surface area contributed by atoms with E-state index in [1.807, 2.05) is 60.7 Å². The summed E-state index contributed by atoms with van der Waals surface area (Å²) >= 11 is 5.09. The van der Waals surface area contributed by atoms with E-state index in [1.165, 1.54) is 24.7 Å². The summed E-state index contributed by atoms with van der Waals surface area (Å²) in [5.41, 5.74) is 3.24. The van der Waals surface area contributed by atoms with Crippen molar-refractivity contribution in [1.82, 2.24) is 0 Å². The molecule has 0 saturated carbocycles. The molecule has 6 heteroatoms. The third-order valence-corrected chi connectivity index (χ3v) is 5.75. The maximum Gasteiger partial charge on any atom is 0.309 e. The number of hydrogen-bond donors (Lipinski definition) is 0. The van der Waals surface area contributed by atoms with E-state index >= 15 is 0 Å². The summed E-state index contributed by atoms with van der Waals surface area (Å²) in [7, 11) is 2.80. The van der Waals surface area contributed by atoms with Crippen LogP contribution in [0.2, 0.25) is 0 Å². The Morgan fingerprint density at radius 3 is 1.87 bits per heavy atom. The Balaban J connectivity index is 0.000000245. The Bertz CT molecular complexity index is 976. The molecule has 0 aliphatic heterocycles. The average Bonchev–Trinajstić information content (AvgIpc) is 2.79. The van der Waals surface area contributed by atoms with E-state index < -0.39 is 0 Å². The Morgan fingerprint density at radius 1 is 0.742 bits per heavy atom. The normalized spacial score (nSPS) is 9.90. The quantitative estimate of drug-likeness (QED) is 0.300. The molecular weight excluding hydrogens is 476 g/mol. The van der Waals surface area contributed by atoms with E-state index in [2.05, 4.69) is 43.6 Å². The SMILES string of the molecule is COC(=O)Cc1cccc(Br)c1.COC(=O)Cc1cccc(SCc2ccccc2)c1. The van der Waals surface area contributed by atoms with Crippen LogP contribution in [0.4, 0.5) is 0 Å². The molecule has 0 heterocycles. The van der Waals surface area contributed by atoms with Gasteiger partial charge in [0.2, 0.25) is 0 Å². The van der Waals surface area contributed by atoms with Crippen molar-refractivity contribution in [2.75, 3.05) is 14.2 Å². The molecule has 0 amide bonds. The molecule has 31 heavy (non-hydrogen) atoms. The molecule has 162 valence electrons. The summed E-state index contributed by atoms with van der Waals surface area (Å²) < 4.78 is 10.2. The molecule has 0 fully saturated rings. The van der Waals surface area contributed by atoms with Crippen molar-refractivity contribution in [1.29, 1.82) is 0 Å². The zero-order valence-electron chi connectivity index (χ0n) is 17.5. The van der Waals surface area contributed by atoms with Gasteiger partial charge in [-0.05, 0) is 41.0 Å². The van der Waals surface area contributed by atoms with Crippen molar-refractivity contribution in [2.45, 2.75) is 23.5 Å². The molecule has 0 bridgehead atoms. The minimum absolute atomic E-state index is 0.204. The topological polar surface area (TPSA) is 52.6 Å². The summed E-state index contributed by atoms with van der Waals surface area (Å²) in [6, 6.07) is 26.0. The van der Waals surface area contributed by atoms with Crippen LogP contribution in [0, 0.1) is 0 Å². The van der Waals surface area contributed by atoms with Gasteiger partial charge < -0.3 is 9.47 Å². The fraction of sp³-hybridized carbons (Fsp3) is 0.200. The number of thioether (sulfide) groups is 1. The average molecular weight is 501 g/mol. The summed E-state index contributed by atoms with van der Waals surface area (Å²) in [5.74, 6) is 0.515. The maximum absolute atomic E-state index is 11.2. The number of ether oxygens (including phenoxy) is 2. The van der Waals surface area contributed by atoms with Gasteiger partial charge in [0.1, 0.15) is 0 Å². The number of methoxy groups -OCH3 is 2. The van der Waals surface area contributed by atoms with Crippen molar-refractivity contribution in [3.05, 3.63) is 100 Å². The third-order valence-electron chi connectivity index (χ3n) is 4.19. The minimum Gasteiger partial charge on any atom is -0.469 e.